The number of H-pyrrole nitrogens is 1. The van der Waals surface area contributed by atoms with Crippen LogP contribution < -0.4 is 10.2 Å². The molecule has 2 aliphatic heterocycles. The van der Waals surface area contributed by atoms with Crippen molar-refractivity contribution in [1.29, 1.82) is 0 Å². The van der Waals surface area contributed by atoms with E-state index < -0.39 is 11.6 Å². The lowest BCUT2D eigenvalue weighted by Gasteiger charge is -2.37. The van der Waals surface area contributed by atoms with Gasteiger partial charge in [-0.25, -0.2) is 4.79 Å². The second-order valence-electron chi connectivity index (χ2n) is 7.32. The van der Waals surface area contributed by atoms with E-state index >= 15 is 0 Å². The van der Waals surface area contributed by atoms with Crippen LogP contribution in [0.25, 0.3) is 0 Å². The molecule has 1 aromatic rings. The first kappa shape index (κ1) is 16.1. The number of fused-ring (bicyclic) bond motifs is 1. The first-order chi connectivity index (χ1) is 12.0. The summed E-state index contributed by atoms with van der Waals surface area (Å²) in [5, 5.41) is 9.79. The lowest BCUT2D eigenvalue weighted by atomic mass is 9.73. The Hall–Kier alpha value is -2.38. The van der Waals surface area contributed by atoms with Gasteiger partial charge in [-0.3, -0.25) is 19.6 Å². The van der Waals surface area contributed by atoms with E-state index in [9.17, 15) is 14.4 Å². The molecule has 2 atom stereocenters. The highest BCUT2D eigenvalue weighted by Crippen LogP contribution is 2.38. The Labute approximate surface area is 145 Å². The summed E-state index contributed by atoms with van der Waals surface area (Å²) in [7, 11) is 0. The molecule has 2 N–H and O–H groups in total. The molecular weight excluding hydrogens is 322 g/mol. The third-order valence-corrected chi connectivity index (χ3v) is 5.89. The highest BCUT2D eigenvalue weighted by Gasteiger charge is 2.55. The molecule has 1 saturated carbocycles. The molecule has 25 heavy (non-hydrogen) atoms. The molecule has 1 spiro atoms. The molecule has 8 heteroatoms. The second kappa shape index (κ2) is 5.86. The van der Waals surface area contributed by atoms with Crippen molar-refractivity contribution < 1.29 is 14.4 Å². The largest absolute Gasteiger partial charge is 0.325 e. The Kier molecular flexibility index (Phi) is 3.77. The van der Waals surface area contributed by atoms with Crippen LogP contribution in [0.2, 0.25) is 0 Å². The molecule has 1 aliphatic carbocycles. The van der Waals surface area contributed by atoms with Gasteiger partial charge < -0.3 is 10.2 Å². The highest BCUT2D eigenvalue weighted by atomic mass is 16.2. The molecule has 8 nitrogen and oxygen atoms in total. The predicted molar refractivity (Wildman–Crippen MR) is 89.9 cm³/mol. The number of aryl methyl sites for hydroxylation is 1. The van der Waals surface area contributed by atoms with Crippen molar-refractivity contribution >= 4 is 23.5 Å². The number of nitrogens with zero attached hydrogens (tertiary/aromatic N) is 3. The van der Waals surface area contributed by atoms with E-state index in [1.165, 1.54) is 0 Å². The van der Waals surface area contributed by atoms with Crippen LogP contribution in [-0.2, 0) is 16.0 Å². The minimum atomic E-state index is -0.821. The van der Waals surface area contributed by atoms with E-state index in [2.05, 4.69) is 15.5 Å². The van der Waals surface area contributed by atoms with Crippen molar-refractivity contribution in [3.8, 4) is 0 Å². The summed E-state index contributed by atoms with van der Waals surface area (Å²) in [4.78, 5) is 40.9. The smallest absolute Gasteiger partial charge is 0.323 e. The van der Waals surface area contributed by atoms with Crippen LogP contribution in [0, 0.1) is 5.92 Å². The van der Waals surface area contributed by atoms with E-state index in [1.807, 2.05) is 6.92 Å². The third kappa shape index (κ3) is 2.42. The number of aromatic nitrogens is 2. The Morgan fingerprint density at radius 2 is 2.20 bits per heavy atom. The zero-order valence-electron chi connectivity index (χ0n) is 14.4. The molecule has 3 heterocycles. The minimum absolute atomic E-state index is 0.0910. The first-order valence-electron chi connectivity index (χ1n) is 8.99. The standard InChI is InChI=1S/C17H23N5O3/c1-11-5-2-3-7-17(11)15(24)22(16(25)19-17)10-14(23)21-8-4-6-12-13(21)9-18-20-12/h9,11H,2-8,10H2,1H3,(H,18,20)(H,19,25)/t11-,17-/m0/s1. The molecule has 0 radical (unpaired) electrons. The number of urea groups is 1. The zero-order valence-corrected chi connectivity index (χ0v) is 14.4. The SMILES string of the molecule is C[C@H]1CCCC[C@]12NC(=O)N(CC(=O)N1CCCc3[nH]ncc31)C2=O. The number of hydrogen-bond donors (Lipinski definition) is 2. The van der Waals surface area contributed by atoms with Crippen molar-refractivity contribution in [2.45, 2.75) is 51.0 Å². The molecule has 0 aromatic carbocycles. The van der Waals surface area contributed by atoms with E-state index in [0.29, 0.717) is 13.0 Å². The van der Waals surface area contributed by atoms with Gasteiger partial charge in [-0.05, 0) is 31.6 Å². The Balaban J connectivity index is 1.53. The van der Waals surface area contributed by atoms with Gasteiger partial charge in [0.25, 0.3) is 5.91 Å². The van der Waals surface area contributed by atoms with Gasteiger partial charge in [-0.1, -0.05) is 19.8 Å². The summed E-state index contributed by atoms with van der Waals surface area (Å²) >= 11 is 0. The second-order valence-corrected chi connectivity index (χ2v) is 7.32. The normalized spacial score (nSPS) is 29.1. The van der Waals surface area contributed by atoms with Crippen molar-refractivity contribution in [1.82, 2.24) is 20.4 Å². The molecule has 134 valence electrons. The van der Waals surface area contributed by atoms with Crippen LogP contribution in [0.5, 0.6) is 0 Å². The molecule has 2 fully saturated rings. The van der Waals surface area contributed by atoms with Crippen LogP contribution in [0.1, 0.15) is 44.7 Å². The topological polar surface area (TPSA) is 98.4 Å². The molecule has 4 amide bonds. The molecule has 1 aromatic heterocycles. The van der Waals surface area contributed by atoms with Crippen LogP contribution >= 0.6 is 0 Å². The maximum Gasteiger partial charge on any atom is 0.325 e. The van der Waals surface area contributed by atoms with Gasteiger partial charge in [0, 0.05) is 6.54 Å². The number of carbonyl (C=O) groups is 3. The first-order valence-corrected chi connectivity index (χ1v) is 8.99. The lowest BCUT2D eigenvalue weighted by Crippen LogP contribution is -2.54. The molecular formula is C17H23N5O3. The fraction of sp³-hybridized carbons (Fsp3) is 0.647. The molecule has 0 unspecified atom stereocenters. The van der Waals surface area contributed by atoms with Crippen molar-refractivity contribution in [2.75, 3.05) is 18.0 Å². The molecule has 3 aliphatic rings. The molecule has 1 saturated heterocycles. The lowest BCUT2D eigenvalue weighted by molar-refractivity contribution is -0.136. The number of rotatable bonds is 2. The third-order valence-electron chi connectivity index (χ3n) is 5.89. The number of imide groups is 1. The van der Waals surface area contributed by atoms with Crippen molar-refractivity contribution in [3.05, 3.63) is 11.9 Å². The summed E-state index contributed by atoms with van der Waals surface area (Å²) in [5.41, 5.74) is 0.858. The number of anilines is 1. The van der Waals surface area contributed by atoms with Gasteiger partial charge in [0.15, 0.2) is 0 Å². The van der Waals surface area contributed by atoms with Crippen LogP contribution in [0.4, 0.5) is 10.5 Å². The van der Waals surface area contributed by atoms with Crippen molar-refractivity contribution in [2.24, 2.45) is 5.92 Å². The Morgan fingerprint density at radius 3 is 3.00 bits per heavy atom. The number of carbonyl (C=O) groups excluding carboxylic acids is 3. The molecule has 4 rings (SSSR count). The summed E-state index contributed by atoms with van der Waals surface area (Å²) in [6, 6.07) is -0.448. The summed E-state index contributed by atoms with van der Waals surface area (Å²) in [6.07, 6.45) is 6.87. The predicted octanol–water partition coefficient (Wildman–Crippen LogP) is 1.19. The zero-order chi connectivity index (χ0) is 17.6. The average molecular weight is 345 g/mol. The monoisotopic (exact) mass is 345 g/mol. The highest BCUT2D eigenvalue weighted by molar-refractivity contribution is 6.10. The van der Waals surface area contributed by atoms with Crippen LogP contribution in [0.15, 0.2) is 6.20 Å². The number of aromatic amines is 1. The van der Waals surface area contributed by atoms with Gasteiger partial charge in [0.05, 0.1) is 17.6 Å². The van der Waals surface area contributed by atoms with Gasteiger partial charge in [-0.2, -0.15) is 5.10 Å². The Morgan fingerprint density at radius 1 is 1.36 bits per heavy atom. The van der Waals surface area contributed by atoms with E-state index in [-0.39, 0.29) is 24.3 Å². The van der Waals surface area contributed by atoms with E-state index in [0.717, 1.165) is 48.4 Å². The summed E-state index contributed by atoms with van der Waals surface area (Å²) in [6.45, 7) is 2.37. The maximum atomic E-state index is 13.0. The number of hydrogen-bond acceptors (Lipinski definition) is 4. The number of nitrogens with one attached hydrogen (secondary N) is 2. The van der Waals surface area contributed by atoms with Gasteiger partial charge in [0.2, 0.25) is 5.91 Å². The number of amides is 4. The Bertz CT molecular complexity index is 730. The minimum Gasteiger partial charge on any atom is -0.323 e. The fourth-order valence-corrected chi connectivity index (χ4v) is 4.38. The average Bonchev–Trinajstić information content (AvgIpc) is 3.17. The molecule has 0 bridgehead atoms. The van der Waals surface area contributed by atoms with E-state index in [1.54, 1.807) is 11.1 Å². The van der Waals surface area contributed by atoms with Crippen LogP contribution in [0.3, 0.4) is 0 Å². The van der Waals surface area contributed by atoms with Crippen LogP contribution in [-0.4, -0.2) is 51.6 Å². The fourth-order valence-electron chi connectivity index (χ4n) is 4.38. The van der Waals surface area contributed by atoms with Gasteiger partial charge in [0.1, 0.15) is 12.1 Å². The van der Waals surface area contributed by atoms with Crippen molar-refractivity contribution in [3.63, 3.8) is 0 Å². The van der Waals surface area contributed by atoms with E-state index in [4.69, 9.17) is 0 Å². The summed E-state index contributed by atoms with van der Waals surface area (Å²) in [5.74, 6) is -0.401. The maximum absolute atomic E-state index is 13.0. The van der Waals surface area contributed by atoms with Gasteiger partial charge in [-0.15, -0.1) is 0 Å². The quantitative estimate of drug-likeness (QED) is 0.787. The van der Waals surface area contributed by atoms with Gasteiger partial charge >= 0.3 is 6.03 Å². The summed E-state index contributed by atoms with van der Waals surface area (Å²) < 4.78 is 0.